The lowest BCUT2D eigenvalue weighted by Crippen LogP contribution is -2.44. The van der Waals surface area contributed by atoms with Gasteiger partial charge in [0.15, 0.2) is 0 Å². The second kappa shape index (κ2) is 5.50. The molecule has 24 heavy (non-hydrogen) atoms. The van der Waals surface area contributed by atoms with Crippen LogP contribution >= 0.6 is 0 Å². The van der Waals surface area contributed by atoms with Crippen LogP contribution in [-0.4, -0.2) is 23.5 Å². The molecule has 7 heteroatoms. The Hall–Kier alpha value is -2.05. The van der Waals surface area contributed by atoms with E-state index >= 15 is 0 Å². The molecule has 0 bridgehead atoms. The van der Waals surface area contributed by atoms with Gasteiger partial charge in [-0.15, -0.1) is 0 Å². The maximum Gasteiger partial charge on any atom is 0.240 e. The summed E-state index contributed by atoms with van der Waals surface area (Å²) >= 11 is 0. The summed E-state index contributed by atoms with van der Waals surface area (Å²) in [5.41, 5.74) is 2.64. The van der Waals surface area contributed by atoms with Crippen molar-refractivity contribution in [1.82, 2.24) is 0 Å². The molecule has 0 aromatic heterocycles. The van der Waals surface area contributed by atoms with Gasteiger partial charge in [0.2, 0.25) is 11.8 Å². The average Bonchev–Trinajstić information content (AvgIpc) is 2.70. The van der Waals surface area contributed by atoms with Gasteiger partial charge in [-0.2, -0.15) is 0 Å². The van der Waals surface area contributed by atoms with E-state index in [-0.39, 0.29) is 24.9 Å². The van der Waals surface area contributed by atoms with Crippen molar-refractivity contribution in [3.05, 3.63) is 36.3 Å². The number of nitrogens with zero attached hydrogens (tertiary/aromatic N) is 1. The quantitative estimate of drug-likeness (QED) is 0.900. The lowest BCUT2D eigenvalue weighted by molar-refractivity contribution is -0.129. The zero-order valence-electron chi connectivity index (χ0n) is 13.2. The van der Waals surface area contributed by atoms with Crippen LogP contribution in [0.2, 0.25) is 0 Å². The minimum absolute atomic E-state index is 0.0370. The summed E-state index contributed by atoms with van der Waals surface area (Å²) in [7, 11) is 0. The summed E-state index contributed by atoms with van der Waals surface area (Å²) in [6, 6.07) is 1.56. The number of amides is 2. The summed E-state index contributed by atoms with van der Waals surface area (Å²) in [4.78, 5) is 25.8. The van der Waals surface area contributed by atoms with Crippen molar-refractivity contribution in [3.63, 3.8) is 0 Å². The largest absolute Gasteiger partial charge is 0.368 e. The number of hydrogen-bond donors (Lipinski definition) is 1. The van der Waals surface area contributed by atoms with Crippen molar-refractivity contribution >= 4 is 17.5 Å². The molecule has 1 spiro atoms. The van der Waals surface area contributed by atoms with Crippen LogP contribution in [0.1, 0.15) is 32.6 Å². The van der Waals surface area contributed by atoms with Crippen LogP contribution in [0.3, 0.4) is 0 Å². The van der Waals surface area contributed by atoms with Crippen molar-refractivity contribution in [3.8, 4) is 0 Å². The Morgan fingerprint density at radius 3 is 2.42 bits per heavy atom. The van der Waals surface area contributed by atoms with Crippen molar-refractivity contribution < 1.29 is 22.8 Å². The standard InChI is InChI=1S/C17H18F3N2O2/c1-16(20)3-2-4-17(9-16)8-13(14(21)23)22(15(17)24)12-6-10(18)5-11(19)7-12/h2,5-7,13H,3-4,8-9H2,1H3,(H2,21,23). The van der Waals surface area contributed by atoms with E-state index in [4.69, 9.17) is 5.73 Å². The van der Waals surface area contributed by atoms with E-state index in [2.05, 4.69) is 0 Å². The van der Waals surface area contributed by atoms with E-state index in [9.17, 15) is 22.8 Å². The molecule has 3 unspecified atom stereocenters. The van der Waals surface area contributed by atoms with Crippen molar-refractivity contribution in [2.75, 3.05) is 4.90 Å². The molecule has 1 saturated carbocycles. The second-order valence-electron chi connectivity index (χ2n) is 6.99. The fraction of sp³-hybridized carbons (Fsp3) is 0.471. The average molecular weight is 339 g/mol. The molecule has 2 N–H and O–H groups in total. The lowest BCUT2D eigenvalue weighted by Gasteiger charge is -2.38. The van der Waals surface area contributed by atoms with Crippen LogP contribution in [0.15, 0.2) is 18.2 Å². The molecule has 4 nitrogen and oxygen atoms in total. The van der Waals surface area contributed by atoms with Gasteiger partial charge in [-0.05, 0) is 51.2 Å². The van der Waals surface area contributed by atoms with Crippen molar-refractivity contribution in [2.24, 2.45) is 11.1 Å². The Kier molecular flexibility index (Phi) is 3.85. The molecule has 2 aliphatic rings. The molecule has 1 radical (unpaired) electrons. The topological polar surface area (TPSA) is 63.4 Å². The summed E-state index contributed by atoms with van der Waals surface area (Å²) in [5.74, 6) is -3.04. The summed E-state index contributed by atoms with van der Waals surface area (Å²) in [5, 5.41) is 0. The fourth-order valence-electron chi connectivity index (χ4n) is 3.97. The Balaban J connectivity index is 2.04. The van der Waals surface area contributed by atoms with Gasteiger partial charge in [0.25, 0.3) is 0 Å². The molecule has 1 aliphatic carbocycles. The van der Waals surface area contributed by atoms with Crippen LogP contribution in [-0.2, 0) is 9.59 Å². The molecular weight excluding hydrogens is 321 g/mol. The van der Waals surface area contributed by atoms with E-state index in [1.165, 1.54) is 6.92 Å². The van der Waals surface area contributed by atoms with Gasteiger partial charge in [-0.25, -0.2) is 13.2 Å². The lowest BCUT2D eigenvalue weighted by atomic mass is 9.67. The van der Waals surface area contributed by atoms with Gasteiger partial charge in [0.05, 0.1) is 11.1 Å². The molecule has 1 heterocycles. The van der Waals surface area contributed by atoms with Crippen LogP contribution in [0.5, 0.6) is 0 Å². The molecule has 129 valence electrons. The SMILES string of the molecule is CC1(F)C[CH]CC2(CC(C(N)=O)N(c3cc(F)cc(F)c3)C2=O)C1. The van der Waals surface area contributed by atoms with E-state index in [0.717, 1.165) is 17.0 Å². The molecule has 1 aliphatic heterocycles. The van der Waals surface area contributed by atoms with Gasteiger partial charge < -0.3 is 5.73 Å². The summed E-state index contributed by atoms with van der Waals surface area (Å²) < 4.78 is 41.6. The van der Waals surface area contributed by atoms with Gasteiger partial charge in [-0.1, -0.05) is 0 Å². The summed E-state index contributed by atoms with van der Waals surface area (Å²) in [6.45, 7) is 1.40. The second-order valence-corrected chi connectivity index (χ2v) is 6.99. The fourth-order valence-corrected chi connectivity index (χ4v) is 3.97. The smallest absolute Gasteiger partial charge is 0.240 e. The van der Waals surface area contributed by atoms with Crippen molar-refractivity contribution in [1.29, 1.82) is 0 Å². The maximum absolute atomic E-state index is 14.5. The molecule has 3 atom stereocenters. The highest BCUT2D eigenvalue weighted by atomic mass is 19.1. The van der Waals surface area contributed by atoms with Gasteiger partial charge in [0.1, 0.15) is 23.3 Å². The molecular formula is C17H18F3N2O2. The first-order valence-corrected chi connectivity index (χ1v) is 7.73. The molecule has 1 aromatic rings. The molecule has 2 amide bonds. The van der Waals surface area contributed by atoms with E-state index in [0.29, 0.717) is 12.5 Å². The van der Waals surface area contributed by atoms with Gasteiger partial charge in [0, 0.05) is 6.07 Å². The highest BCUT2D eigenvalue weighted by Gasteiger charge is 2.57. The number of alkyl halides is 1. The van der Waals surface area contributed by atoms with Crippen LogP contribution in [0, 0.1) is 23.5 Å². The Morgan fingerprint density at radius 1 is 1.25 bits per heavy atom. The first kappa shape index (κ1) is 16.8. The minimum atomic E-state index is -1.57. The highest BCUT2D eigenvalue weighted by Crippen LogP contribution is 2.52. The minimum Gasteiger partial charge on any atom is -0.368 e. The third kappa shape index (κ3) is 2.76. The van der Waals surface area contributed by atoms with E-state index < -0.39 is 40.6 Å². The van der Waals surface area contributed by atoms with Crippen LogP contribution < -0.4 is 10.6 Å². The maximum atomic E-state index is 14.5. The molecule has 1 saturated heterocycles. The number of rotatable bonds is 2. The normalized spacial score (nSPS) is 33.2. The molecule has 1 aromatic carbocycles. The number of primary amides is 1. The third-order valence-electron chi connectivity index (χ3n) is 4.83. The van der Waals surface area contributed by atoms with Gasteiger partial charge >= 0.3 is 0 Å². The monoisotopic (exact) mass is 339 g/mol. The van der Waals surface area contributed by atoms with Crippen molar-refractivity contribution in [2.45, 2.75) is 44.3 Å². The number of carbonyl (C=O) groups excluding carboxylic acids is 2. The predicted octanol–water partition coefficient (Wildman–Crippen LogP) is 2.66. The Morgan fingerprint density at radius 2 is 1.88 bits per heavy atom. The highest BCUT2D eigenvalue weighted by molar-refractivity contribution is 6.07. The molecule has 3 rings (SSSR count). The number of carbonyl (C=O) groups is 2. The van der Waals surface area contributed by atoms with Crippen LogP contribution in [0.25, 0.3) is 0 Å². The first-order valence-electron chi connectivity index (χ1n) is 7.73. The molecule has 2 fully saturated rings. The zero-order chi connectivity index (χ0) is 17.7. The zero-order valence-corrected chi connectivity index (χ0v) is 13.2. The van der Waals surface area contributed by atoms with E-state index in [1.807, 2.05) is 0 Å². The third-order valence-corrected chi connectivity index (χ3v) is 4.83. The number of anilines is 1. The summed E-state index contributed by atoms with van der Waals surface area (Å²) in [6.07, 6.45) is 2.21. The van der Waals surface area contributed by atoms with E-state index in [1.54, 1.807) is 6.42 Å². The Labute approximate surface area is 137 Å². The first-order chi connectivity index (χ1) is 11.1. The van der Waals surface area contributed by atoms with Gasteiger partial charge in [-0.3, -0.25) is 14.5 Å². The predicted molar refractivity (Wildman–Crippen MR) is 81.5 cm³/mol. The number of benzene rings is 1. The number of halogens is 3. The number of nitrogens with two attached hydrogens (primary N) is 1. The Bertz CT molecular complexity index is 687. The van der Waals surface area contributed by atoms with Crippen LogP contribution in [0.4, 0.5) is 18.9 Å². The number of hydrogen-bond acceptors (Lipinski definition) is 2.